The number of amides is 2. The van der Waals surface area contributed by atoms with E-state index in [0.717, 1.165) is 87.8 Å². The summed E-state index contributed by atoms with van der Waals surface area (Å²) in [5.41, 5.74) is 17.1. The summed E-state index contributed by atoms with van der Waals surface area (Å²) in [6, 6.07) is 16.4. The first-order valence-electron chi connectivity index (χ1n) is 25.6. The number of hydrogen-bond donors (Lipinski definition) is 2. The third kappa shape index (κ3) is 17.2. The van der Waals surface area contributed by atoms with E-state index in [-0.39, 0.29) is 23.9 Å². The Bertz CT molecular complexity index is 1470. The summed E-state index contributed by atoms with van der Waals surface area (Å²) in [6.07, 6.45) is 37.7. The number of rotatable bonds is 24. The van der Waals surface area contributed by atoms with Gasteiger partial charge in [-0.2, -0.15) is 0 Å². The molecule has 7 heteroatoms. The normalized spacial score (nSPS) is 19.6. The first-order chi connectivity index (χ1) is 30.3. The van der Waals surface area contributed by atoms with Gasteiger partial charge in [-0.25, -0.2) is 0 Å². The molecule has 4 fully saturated rings. The van der Waals surface area contributed by atoms with Crippen LogP contribution < -0.4 is 11.5 Å². The van der Waals surface area contributed by atoms with Gasteiger partial charge in [0, 0.05) is 48.8 Å². The number of benzene rings is 2. The molecule has 2 heterocycles. The maximum absolute atomic E-state index is 12.8. The highest BCUT2D eigenvalue weighted by molar-refractivity contribution is 5.95. The van der Waals surface area contributed by atoms with Crippen molar-refractivity contribution in [1.29, 1.82) is 0 Å². The predicted octanol–water partition coefficient (Wildman–Crippen LogP) is 12.9. The van der Waals surface area contributed by atoms with Crippen molar-refractivity contribution >= 4 is 11.8 Å². The topological polar surface area (TPSA) is 102 Å². The molecule has 2 aromatic carbocycles. The van der Waals surface area contributed by atoms with Crippen LogP contribution in [0.2, 0.25) is 0 Å². The number of carbonyl (C=O) groups excluding carboxylic acids is 2. The van der Waals surface area contributed by atoms with E-state index in [1.807, 2.05) is 34.1 Å². The summed E-state index contributed by atoms with van der Waals surface area (Å²) in [5.74, 6) is 2.04. The molecular weight excluding hydrogens is 765 g/mol. The fraction of sp³-hybridized carbons (Fsp3) is 0.673. The number of hydrogen-bond acceptors (Lipinski definition) is 5. The first kappa shape index (κ1) is 49.4. The highest BCUT2D eigenvalue weighted by Gasteiger charge is 2.31. The van der Waals surface area contributed by atoms with E-state index in [4.69, 9.17) is 16.2 Å². The van der Waals surface area contributed by atoms with Gasteiger partial charge in [-0.3, -0.25) is 9.59 Å². The maximum atomic E-state index is 12.8. The second-order valence-electron chi connectivity index (χ2n) is 19.5. The molecule has 2 atom stereocenters. The minimum Gasteiger partial charge on any atom is -0.401 e. The monoisotopic (exact) mass is 851 g/mol. The van der Waals surface area contributed by atoms with Gasteiger partial charge in [0.15, 0.2) is 0 Å². The van der Waals surface area contributed by atoms with E-state index in [9.17, 15) is 9.59 Å². The van der Waals surface area contributed by atoms with Crippen molar-refractivity contribution in [3.05, 3.63) is 95.3 Å². The summed E-state index contributed by atoms with van der Waals surface area (Å²) < 4.78 is 5.89. The number of aryl methyl sites for hydroxylation is 2. The van der Waals surface area contributed by atoms with Crippen LogP contribution in [0.5, 0.6) is 0 Å². The van der Waals surface area contributed by atoms with E-state index < -0.39 is 0 Å². The molecule has 2 aliphatic heterocycles. The molecule has 4 N–H and O–H groups in total. The lowest BCUT2D eigenvalue weighted by molar-refractivity contribution is 0.0747. The van der Waals surface area contributed by atoms with Crippen LogP contribution >= 0.6 is 0 Å². The summed E-state index contributed by atoms with van der Waals surface area (Å²) >= 11 is 0. The molecule has 344 valence electrons. The number of unbranched alkanes of at least 4 members (excludes halogenated alkanes) is 10. The zero-order chi connectivity index (χ0) is 43.8. The van der Waals surface area contributed by atoms with Crippen molar-refractivity contribution in [2.75, 3.05) is 26.3 Å². The molecule has 0 spiro atoms. The summed E-state index contributed by atoms with van der Waals surface area (Å²) in [4.78, 5) is 29.3. The quantitative estimate of drug-likeness (QED) is 0.102. The highest BCUT2D eigenvalue weighted by atomic mass is 16.5. The third-order valence-corrected chi connectivity index (χ3v) is 14.4. The zero-order valence-electron chi connectivity index (χ0n) is 39.0. The molecule has 2 saturated carbocycles. The van der Waals surface area contributed by atoms with Crippen LogP contribution in [0.25, 0.3) is 0 Å². The average molecular weight is 851 g/mol. The van der Waals surface area contributed by atoms with Crippen molar-refractivity contribution in [1.82, 2.24) is 9.80 Å². The fourth-order valence-corrected chi connectivity index (χ4v) is 10.5. The lowest BCUT2D eigenvalue weighted by Crippen LogP contribution is -2.38. The van der Waals surface area contributed by atoms with Crippen LogP contribution in [0.3, 0.4) is 0 Å². The lowest BCUT2D eigenvalue weighted by Gasteiger charge is -2.24. The van der Waals surface area contributed by atoms with Crippen LogP contribution in [0, 0.1) is 11.8 Å². The molecular formula is C55H86N4O3. The number of nitrogens with zero attached hydrogens (tertiary/aromatic N) is 2. The summed E-state index contributed by atoms with van der Waals surface area (Å²) in [6.45, 7) is 11.2. The van der Waals surface area contributed by atoms with E-state index in [1.54, 1.807) is 0 Å². The number of ether oxygens (including phenoxy) is 1. The van der Waals surface area contributed by atoms with Crippen LogP contribution in [-0.4, -0.2) is 60.0 Å². The van der Waals surface area contributed by atoms with Crippen LogP contribution in [0.4, 0.5) is 0 Å². The van der Waals surface area contributed by atoms with Crippen molar-refractivity contribution in [2.24, 2.45) is 23.3 Å². The maximum Gasteiger partial charge on any atom is 0.254 e. The van der Waals surface area contributed by atoms with Gasteiger partial charge in [0.25, 0.3) is 11.8 Å². The Balaban J connectivity index is 0.000000234. The van der Waals surface area contributed by atoms with E-state index in [1.165, 1.54) is 159 Å². The second kappa shape index (κ2) is 28.3. The molecule has 2 aromatic rings. The molecule has 0 radical (unpaired) electrons. The molecule has 2 saturated heterocycles. The Morgan fingerprint density at radius 2 is 0.903 bits per heavy atom. The standard InChI is InChI=1S/C28H44N2O.C27H42N2O2/c1-23(29)27-17-12-22-30(27)28(31)26-20-18-25(19-21-26)16-9-6-4-2-3-5-8-13-24-14-10-7-11-15-24;1-22(28)26-14-10-19-29(26)27(30)25-17-15-23(16-18-25)11-6-3-2-4-9-20-31-21-24-12-7-5-8-13-24/h18-21,24,27H,1-17,22,29H2;15-18,24,26H,1-14,19-21,28H2. The Morgan fingerprint density at radius 1 is 0.500 bits per heavy atom. The van der Waals surface area contributed by atoms with E-state index >= 15 is 0 Å². The summed E-state index contributed by atoms with van der Waals surface area (Å²) in [7, 11) is 0. The molecule has 0 bridgehead atoms. The van der Waals surface area contributed by atoms with Gasteiger partial charge in [-0.1, -0.05) is 153 Å². The predicted molar refractivity (Wildman–Crippen MR) is 259 cm³/mol. The van der Waals surface area contributed by atoms with Gasteiger partial charge in [0.2, 0.25) is 0 Å². The minimum atomic E-state index is -0.00941. The molecule has 7 nitrogen and oxygen atoms in total. The van der Waals surface area contributed by atoms with Crippen molar-refractivity contribution < 1.29 is 14.3 Å². The van der Waals surface area contributed by atoms with Gasteiger partial charge >= 0.3 is 0 Å². The second-order valence-corrected chi connectivity index (χ2v) is 19.5. The molecule has 2 amide bonds. The van der Waals surface area contributed by atoms with Gasteiger partial charge in [0.1, 0.15) is 0 Å². The highest BCUT2D eigenvalue weighted by Crippen LogP contribution is 2.29. The Kier molecular flexibility index (Phi) is 22.5. The van der Waals surface area contributed by atoms with Gasteiger partial charge < -0.3 is 26.0 Å². The smallest absolute Gasteiger partial charge is 0.254 e. The SMILES string of the molecule is C=C(N)C1CCCN1C(=O)c1ccc(CCCCCCCCCC2CCCCC2)cc1.C=C(N)C1CCCN1C(=O)c1ccc(CCCCCCCOCC2CCCCC2)cc1. The van der Waals surface area contributed by atoms with Crippen molar-refractivity contribution in [2.45, 2.75) is 198 Å². The number of nitrogens with two attached hydrogens (primary N) is 2. The minimum absolute atomic E-state index is 0.000522. The zero-order valence-corrected chi connectivity index (χ0v) is 39.0. The third-order valence-electron chi connectivity index (χ3n) is 14.4. The molecule has 0 aromatic heterocycles. The van der Waals surface area contributed by atoms with E-state index in [2.05, 4.69) is 37.4 Å². The Hall–Kier alpha value is -3.58. The van der Waals surface area contributed by atoms with Gasteiger partial charge in [-0.15, -0.1) is 0 Å². The molecule has 2 unspecified atom stereocenters. The van der Waals surface area contributed by atoms with Gasteiger partial charge in [-0.05, 0) is 118 Å². The molecule has 2 aliphatic carbocycles. The summed E-state index contributed by atoms with van der Waals surface area (Å²) in [5, 5.41) is 0. The number of carbonyl (C=O) groups is 2. The lowest BCUT2D eigenvalue weighted by atomic mass is 9.85. The first-order valence-corrected chi connectivity index (χ1v) is 25.6. The van der Waals surface area contributed by atoms with Crippen molar-refractivity contribution in [3.63, 3.8) is 0 Å². The van der Waals surface area contributed by atoms with Gasteiger partial charge in [0.05, 0.1) is 12.1 Å². The average Bonchev–Trinajstić information content (AvgIpc) is 4.01. The largest absolute Gasteiger partial charge is 0.401 e. The molecule has 62 heavy (non-hydrogen) atoms. The van der Waals surface area contributed by atoms with Crippen LogP contribution in [0.1, 0.15) is 205 Å². The fourth-order valence-electron chi connectivity index (χ4n) is 10.5. The van der Waals surface area contributed by atoms with Crippen LogP contribution in [-0.2, 0) is 17.6 Å². The molecule has 6 rings (SSSR count). The van der Waals surface area contributed by atoms with E-state index in [0.29, 0.717) is 11.4 Å². The Labute approximate surface area is 377 Å². The van der Waals surface area contributed by atoms with Crippen molar-refractivity contribution in [3.8, 4) is 0 Å². The number of likely N-dealkylation sites (tertiary alicyclic amines) is 2. The Morgan fingerprint density at radius 3 is 1.35 bits per heavy atom. The molecule has 4 aliphatic rings. The van der Waals surface area contributed by atoms with Crippen LogP contribution in [0.15, 0.2) is 73.1 Å².